The summed E-state index contributed by atoms with van der Waals surface area (Å²) in [7, 11) is 0. The van der Waals surface area contributed by atoms with E-state index in [0.29, 0.717) is 16.0 Å². The zero-order valence-electron chi connectivity index (χ0n) is 9.04. The first-order chi connectivity index (χ1) is 7.07. The summed E-state index contributed by atoms with van der Waals surface area (Å²) in [6, 6.07) is 7.61. The third-order valence-electron chi connectivity index (χ3n) is 3.34. The first kappa shape index (κ1) is 11.0. The molecule has 0 spiro atoms. The van der Waals surface area contributed by atoms with E-state index in [0.717, 1.165) is 6.42 Å². The largest absolute Gasteiger partial charge is 0.508 e. The van der Waals surface area contributed by atoms with Crippen molar-refractivity contribution in [3.05, 3.63) is 29.8 Å². The molecule has 1 aliphatic rings. The van der Waals surface area contributed by atoms with Crippen LogP contribution in [-0.2, 0) is 6.42 Å². The van der Waals surface area contributed by atoms with E-state index in [1.54, 1.807) is 12.1 Å². The lowest BCUT2D eigenvalue weighted by Crippen LogP contribution is -2.15. The van der Waals surface area contributed by atoms with Crippen LogP contribution in [0.3, 0.4) is 0 Å². The van der Waals surface area contributed by atoms with E-state index in [-0.39, 0.29) is 0 Å². The van der Waals surface area contributed by atoms with Crippen LogP contribution in [0.15, 0.2) is 24.3 Å². The van der Waals surface area contributed by atoms with Crippen molar-refractivity contribution in [3.8, 4) is 5.75 Å². The van der Waals surface area contributed by atoms with Gasteiger partial charge >= 0.3 is 0 Å². The Kier molecular flexibility index (Phi) is 3.06. The molecule has 15 heavy (non-hydrogen) atoms. The molecule has 1 fully saturated rings. The molecular formula is C13H17BrO. The molecule has 1 saturated carbocycles. The predicted molar refractivity (Wildman–Crippen MR) is 66.5 cm³/mol. The molecule has 0 bridgehead atoms. The van der Waals surface area contributed by atoms with Crippen molar-refractivity contribution in [2.24, 2.45) is 5.41 Å². The minimum atomic E-state index is 0.355. The molecule has 1 N–H and O–H groups in total. The highest BCUT2D eigenvalue weighted by molar-refractivity contribution is 9.09. The Morgan fingerprint density at radius 1 is 1.40 bits per heavy atom. The van der Waals surface area contributed by atoms with Crippen molar-refractivity contribution in [3.63, 3.8) is 0 Å². The fraction of sp³-hybridized carbons (Fsp3) is 0.538. The first-order valence-corrected chi connectivity index (χ1v) is 6.41. The smallest absolute Gasteiger partial charge is 0.115 e. The molecule has 1 aliphatic carbocycles. The Labute approximate surface area is 99.6 Å². The van der Waals surface area contributed by atoms with Crippen molar-refractivity contribution in [1.29, 1.82) is 0 Å². The minimum absolute atomic E-state index is 0.355. The van der Waals surface area contributed by atoms with Crippen molar-refractivity contribution < 1.29 is 5.11 Å². The lowest BCUT2D eigenvalue weighted by atomic mass is 9.82. The number of rotatable bonds is 2. The lowest BCUT2D eigenvalue weighted by molar-refractivity contribution is 0.336. The molecule has 0 aromatic heterocycles. The van der Waals surface area contributed by atoms with Crippen LogP contribution in [0.5, 0.6) is 5.75 Å². The van der Waals surface area contributed by atoms with Gasteiger partial charge in [-0.1, -0.05) is 35.0 Å². The molecule has 2 atom stereocenters. The monoisotopic (exact) mass is 268 g/mol. The normalized spacial score (nSPS) is 30.7. The van der Waals surface area contributed by atoms with Crippen LogP contribution in [0.2, 0.25) is 0 Å². The van der Waals surface area contributed by atoms with Crippen LogP contribution in [0.25, 0.3) is 0 Å². The van der Waals surface area contributed by atoms with Crippen LogP contribution in [0.4, 0.5) is 0 Å². The number of benzene rings is 1. The summed E-state index contributed by atoms with van der Waals surface area (Å²) in [4.78, 5) is 0.694. The third-order valence-corrected chi connectivity index (χ3v) is 4.12. The Balaban J connectivity index is 2.05. The molecular weight excluding hydrogens is 252 g/mol. The van der Waals surface area contributed by atoms with Crippen LogP contribution >= 0.6 is 15.9 Å². The number of hydrogen-bond acceptors (Lipinski definition) is 1. The summed E-state index contributed by atoms with van der Waals surface area (Å²) in [5.41, 5.74) is 1.77. The fourth-order valence-corrected chi connectivity index (χ4v) is 3.52. The fourth-order valence-electron chi connectivity index (χ4n) is 2.51. The van der Waals surface area contributed by atoms with E-state index in [1.807, 2.05) is 12.1 Å². The standard InChI is InChI=1S/C13H17BrO/c1-13(7-6-11(14)9-13)8-10-2-4-12(15)5-3-10/h2-5,11,15H,6-9H2,1H3. The van der Waals surface area contributed by atoms with Gasteiger partial charge in [0, 0.05) is 4.83 Å². The van der Waals surface area contributed by atoms with Gasteiger partial charge in [-0.2, -0.15) is 0 Å². The van der Waals surface area contributed by atoms with Crippen LogP contribution < -0.4 is 0 Å². The van der Waals surface area contributed by atoms with Crippen LogP contribution in [0.1, 0.15) is 31.7 Å². The zero-order valence-corrected chi connectivity index (χ0v) is 10.6. The maximum atomic E-state index is 9.22. The van der Waals surface area contributed by atoms with E-state index >= 15 is 0 Å². The number of halogens is 1. The number of alkyl halides is 1. The van der Waals surface area contributed by atoms with Gasteiger partial charge < -0.3 is 5.11 Å². The van der Waals surface area contributed by atoms with Gasteiger partial charge in [-0.05, 0) is 48.8 Å². The van der Waals surface area contributed by atoms with E-state index in [9.17, 15) is 5.11 Å². The molecule has 2 rings (SSSR count). The highest BCUT2D eigenvalue weighted by atomic mass is 79.9. The Morgan fingerprint density at radius 2 is 2.07 bits per heavy atom. The van der Waals surface area contributed by atoms with E-state index in [4.69, 9.17) is 0 Å². The molecule has 2 unspecified atom stereocenters. The molecule has 1 aromatic rings. The molecule has 0 saturated heterocycles. The third kappa shape index (κ3) is 2.75. The van der Waals surface area contributed by atoms with Crippen LogP contribution in [0, 0.1) is 5.41 Å². The number of phenolic OH excluding ortho intramolecular Hbond substituents is 1. The van der Waals surface area contributed by atoms with Crippen molar-refractivity contribution in [2.75, 3.05) is 0 Å². The summed E-state index contributed by atoms with van der Waals surface area (Å²) in [6.07, 6.45) is 4.96. The van der Waals surface area contributed by atoms with Gasteiger partial charge in [0.25, 0.3) is 0 Å². The summed E-state index contributed by atoms with van der Waals surface area (Å²) in [5, 5.41) is 9.22. The molecule has 0 radical (unpaired) electrons. The average molecular weight is 269 g/mol. The summed E-state index contributed by atoms with van der Waals surface area (Å²) < 4.78 is 0. The second kappa shape index (κ2) is 4.17. The first-order valence-electron chi connectivity index (χ1n) is 5.49. The molecule has 0 amide bonds. The second-order valence-electron chi connectivity index (χ2n) is 4.99. The number of aromatic hydroxyl groups is 1. The molecule has 1 nitrogen and oxygen atoms in total. The van der Waals surface area contributed by atoms with E-state index in [2.05, 4.69) is 22.9 Å². The van der Waals surface area contributed by atoms with Gasteiger partial charge in [0.05, 0.1) is 0 Å². The number of hydrogen-bond donors (Lipinski definition) is 1. The van der Waals surface area contributed by atoms with Gasteiger partial charge in [0.15, 0.2) is 0 Å². The highest BCUT2D eigenvalue weighted by Gasteiger charge is 2.33. The maximum Gasteiger partial charge on any atom is 0.115 e. The Morgan fingerprint density at radius 3 is 2.60 bits per heavy atom. The topological polar surface area (TPSA) is 20.2 Å². The SMILES string of the molecule is CC1(Cc2ccc(O)cc2)CCC(Br)C1. The lowest BCUT2D eigenvalue weighted by Gasteiger charge is -2.23. The zero-order chi connectivity index (χ0) is 10.9. The van der Waals surface area contributed by atoms with Gasteiger partial charge in [-0.25, -0.2) is 0 Å². The molecule has 0 aliphatic heterocycles. The second-order valence-corrected chi connectivity index (χ2v) is 6.29. The molecule has 2 heteroatoms. The summed E-state index contributed by atoms with van der Waals surface area (Å²) in [6.45, 7) is 2.36. The van der Waals surface area contributed by atoms with Gasteiger partial charge in [-0.15, -0.1) is 0 Å². The predicted octanol–water partition coefficient (Wildman–Crippen LogP) is 3.89. The summed E-state index contributed by atoms with van der Waals surface area (Å²) in [5.74, 6) is 0.355. The van der Waals surface area contributed by atoms with Crippen molar-refractivity contribution in [2.45, 2.75) is 37.4 Å². The van der Waals surface area contributed by atoms with Crippen LogP contribution in [-0.4, -0.2) is 9.93 Å². The molecule has 1 aromatic carbocycles. The van der Waals surface area contributed by atoms with E-state index < -0.39 is 0 Å². The Bertz CT molecular complexity index is 333. The van der Waals surface area contributed by atoms with Crippen molar-refractivity contribution in [1.82, 2.24) is 0 Å². The van der Waals surface area contributed by atoms with Gasteiger partial charge in [-0.3, -0.25) is 0 Å². The molecule has 82 valence electrons. The van der Waals surface area contributed by atoms with Gasteiger partial charge in [0.1, 0.15) is 5.75 Å². The maximum absolute atomic E-state index is 9.22. The number of phenols is 1. The van der Waals surface area contributed by atoms with Gasteiger partial charge in [0.2, 0.25) is 0 Å². The van der Waals surface area contributed by atoms with Crippen molar-refractivity contribution >= 4 is 15.9 Å². The van der Waals surface area contributed by atoms with E-state index in [1.165, 1.54) is 24.8 Å². The minimum Gasteiger partial charge on any atom is -0.508 e. The molecule has 0 heterocycles. The quantitative estimate of drug-likeness (QED) is 0.807. The summed E-state index contributed by atoms with van der Waals surface area (Å²) >= 11 is 3.70. The average Bonchev–Trinajstić information content (AvgIpc) is 2.50. The highest BCUT2D eigenvalue weighted by Crippen LogP contribution is 2.43. The Hall–Kier alpha value is -0.500.